The summed E-state index contributed by atoms with van der Waals surface area (Å²) in [6.07, 6.45) is 4.25. The van der Waals surface area contributed by atoms with Crippen molar-refractivity contribution in [2.75, 3.05) is 0 Å². The van der Waals surface area contributed by atoms with E-state index in [0.717, 1.165) is 23.2 Å². The third-order valence-corrected chi connectivity index (χ3v) is 2.91. The maximum atomic E-state index is 11.2. The van der Waals surface area contributed by atoms with Crippen LogP contribution < -0.4 is 5.73 Å². The molecule has 0 spiro atoms. The molecule has 0 saturated carbocycles. The van der Waals surface area contributed by atoms with Crippen molar-refractivity contribution < 1.29 is 4.79 Å². The van der Waals surface area contributed by atoms with Gasteiger partial charge >= 0.3 is 0 Å². The average Bonchev–Trinajstić information content (AvgIpc) is 2.37. The van der Waals surface area contributed by atoms with E-state index < -0.39 is 5.91 Å². The molecule has 4 heteroatoms. The van der Waals surface area contributed by atoms with Gasteiger partial charge in [0.15, 0.2) is 0 Å². The van der Waals surface area contributed by atoms with Gasteiger partial charge in [-0.15, -0.1) is 0 Å². The van der Waals surface area contributed by atoms with Gasteiger partial charge in [0.1, 0.15) is 5.69 Å². The Morgan fingerprint density at radius 3 is 2.60 bits per heavy atom. The maximum Gasteiger partial charge on any atom is 0.267 e. The van der Waals surface area contributed by atoms with Gasteiger partial charge in [0.25, 0.3) is 5.91 Å². The van der Waals surface area contributed by atoms with Crippen molar-refractivity contribution >= 4 is 5.91 Å². The molecular formula is C16H19N3O. The van der Waals surface area contributed by atoms with Crippen molar-refractivity contribution in [3.63, 3.8) is 0 Å². The highest BCUT2D eigenvalue weighted by molar-refractivity contribution is 5.92. The Balaban J connectivity index is 2.47. The molecule has 104 valence electrons. The normalized spacial score (nSPS) is 11.3. The summed E-state index contributed by atoms with van der Waals surface area (Å²) in [5.74, 6) is -0.520. The molecule has 2 heterocycles. The number of hydrogen-bond acceptors (Lipinski definition) is 3. The number of hydrogen-bond donors (Lipinski definition) is 1. The van der Waals surface area contributed by atoms with Gasteiger partial charge in [-0.2, -0.15) is 0 Å². The fourth-order valence-electron chi connectivity index (χ4n) is 2.08. The van der Waals surface area contributed by atoms with Gasteiger partial charge < -0.3 is 5.73 Å². The zero-order valence-corrected chi connectivity index (χ0v) is 12.1. The number of aromatic nitrogens is 2. The molecular weight excluding hydrogens is 250 g/mol. The quantitative estimate of drug-likeness (QED) is 0.931. The number of nitrogens with two attached hydrogens (primary N) is 1. The van der Waals surface area contributed by atoms with Crippen LogP contribution in [0, 0.1) is 5.41 Å². The predicted molar refractivity (Wildman–Crippen MR) is 79.1 cm³/mol. The van der Waals surface area contributed by atoms with E-state index in [-0.39, 0.29) is 11.1 Å². The van der Waals surface area contributed by atoms with Gasteiger partial charge in [0.05, 0.1) is 0 Å². The minimum Gasteiger partial charge on any atom is -0.364 e. The molecule has 2 aromatic rings. The second-order valence-electron chi connectivity index (χ2n) is 6.03. The fourth-order valence-corrected chi connectivity index (χ4v) is 2.08. The van der Waals surface area contributed by atoms with Crippen LogP contribution in [0.1, 0.15) is 37.0 Å². The molecule has 0 aliphatic carbocycles. The van der Waals surface area contributed by atoms with Crippen LogP contribution in [0.25, 0.3) is 11.1 Å². The van der Waals surface area contributed by atoms with Crippen LogP contribution in [-0.2, 0) is 6.42 Å². The molecule has 0 radical (unpaired) electrons. The molecule has 0 aromatic carbocycles. The van der Waals surface area contributed by atoms with E-state index in [1.54, 1.807) is 18.5 Å². The summed E-state index contributed by atoms with van der Waals surface area (Å²) in [7, 11) is 0. The zero-order valence-electron chi connectivity index (χ0n) is 12.1. The van der Waals surface area contributed by atoms with E-state index in [0.29, 0.717) is 0 Å². The molecule has 0 aliphatic heterocycles. The topological polar surface area (TPSA) is 68.9 Å². The third kappa shape index (κ3) is 3.41. The molecule has 0 aliphatic rings. The van der Waals surface area contributed by atoms with Gasteiger partial charge in [0.2, 0.25) is 0 Å². The summed E-state index contributed by atoms with van der Waals surface area (Å²) in [6.45, 7) is 6.52. The number of nitrogens with zero attached hydrogens (tertiary/aromatic N) is 2. The second kappa shape index (κ2) is 5.41. The molecule has 20 heavy (non-hydrogen) atoms. The summed E-state index contributed by atoms with van der Waals surface area (Å²) in [5, 5.41) is 0. The van der Waals surface area contributed by atoms with Crippen molar-refractivity contribution in [2.45, 2.75) is 27.2 Å². The minimum absolute atomic E-state index is 0.142. The lowest BCUT2D eigenvalue weighted by Gasteiger charge is -2.19. The molecule has 0 atom stereocenters. The number of pyridine rings is 2. The first-order valence-corrected chi connectivity index (χ1v) is 6.57. The van der Waals surface area contributed by atoms with Gasteiger partial charge in [0, 0.05) is 23.7 Å². The lowest BCUT2D eigenvalue weighted by Crippen LogP contribution is -2.13. The number of carbonyl (C=O) groups excluding carboxylic acids is 1. The molecule has 1 amide bonds. The molecule has 0 fully saturated rings. The summed E-state index contributed by atoms with van der Waals surface area (Å²) < 4.78 is 0. The van der Waals surface area contributed by atoms with E-state index >= 15 is 0 Å². The molecule has 0 bridgehead atoms. The van der Waals surface area contributed by atoms with E-state index in [1.807, 2.05) is 18.2 Å². The van der Waals surface area contributed by atoms with E-state index in [9.17, 15) is 4.79 Å². The Hall–Kier alpha value is -2.23. The van der Waals surface area contributed by atoms with Crippen LogP contribution in [0.5, 0.6) is 0 Å². The monoisotopic (exact) mass is 269 g/mol. The van der Waals surface area contributed by atoms with Crippen LogP contribution in [-0.4, -0.2) is 15.9 Å². The third-order valence-electron chi connectivity index (χ3n) is 2.91. The molecule has 2 rings (SSSR count). The lowest BCUT2D eigenvalue weighted by molar-refractivity contribution is 0.0995. The highest BCUT2D eigenvalue weighted by atomic mass is 16.1. The SMILES string of the molecule is CC(C)(C)Cc1ncccc1-c1ccnc(C(N)=O)c1. The van der Waals surface area contributed by atoms with Crippen LogP contribution in [0.2, 0.25) is 0 Å². The number of carbonyl (C=O) groups is 1. The Bertz CT molecular complexity index is 630. The Morgan fingerprint density at radius 1 is 1.20 bits per heavy atom. The molecule has 0 unspecified atom stereocenters. The summed E-state index contributed by atoms with van der Waals surface area (Å²) in [5.41, 5.74) is 8.65. The van der Waals surface area contributed by atoms with Crippen molar-refractivity contribution in [1.82, 2.24) is 9.97 Å². The van der Waals surface area contributed by atoms with Crippen molar-refractivity contribution in [1.29, 1.82) is 0 Å². The van der Waals surface area contributed by atoms with Crippen molar-refractivity contribution in [3.05, 3.63) is 48.0 Å². The van der Waals surface area contributed by atoms with Gasteiger partial charge in [-0.25, -0.2) is 0 Å². The lowest BCUT2D eigenvalue weighted by atomic mass is 9.87. The largest absolute Gasteiger partial charge is 0.364 e. The number of primary amides is 1. The molecule has 4 nitrogen and oxygen atoms in total. The van der Waals surface area contributed by atoms with Gasteiger partial charge in [-0.3, -0.25) is 14.8 Å². The number of rotatable bonds is 3. The summed E-state index contributed by atoms with van der Waals surface area (Å²) in [6, 6.07) is 7.49. The highest BCUT2D eigenvalue weighted by Gasteiger charge is 2.16. The zero-order chi connectivity index (χ0) is 14.8. The second-order valence-corrected chi connectivity index (χ2v) is 6.03. The van der Waals surface area contributed by atoms with Gasteiger partial charge in [-0.1, -0.05) is 26.8 Å². The van der Waals surface area contributed by atoms with Crippen LogP contribution in [0.4, 0.5) is 0 Å². The van der Waals surface area contributed by atoms with Crippen molar-refractivity contribution in [2.24, 2.45) is 11.1 Å². The first kappa shape index (κ1) is 14.2. The first-order chi connectivity index (χ1) is 9.37. The van der Waals surface area contributed by atoms with E-state index in [2.05, 4.69) is 30.7 Å². The minimum atomic E-state index is -0.520. The fraction of sp³-hybridized carbons (Fsp3) is 0.312. The molecule has 2 aromatic heterocycles. The van der Waals surface area contributed by atoms with E-state index in [4.69, 9.17) is 5.73 Å². The van der Waals surface area contributed by atoms with Crippen LogP contribution >= 0.6 is 0 Å². The predicted octanol–water partition coefficient (Wildman–Crippen LogP) is 2.83. The Morgan fingerprint density at radius 2 is 1.95 bits per heavy atom. The molecule has 2 N–H and O–H groups in total. The summed E-state index contributed by atoms with van der Waals surface area (Å²) >= 11 is 0. The Labute approximate surface area is 119 Å². The highest BCUT2D eigenvalue weighted by Crippen LogP contribution is 2.28. The molecule has 0 saturated heterocycles. The average molecular weight is 269 g/mol. The number of amides is 1. The Kier molecular flexibility index (Phi) is 3.84. The van der Waals surface area contributed by atoms with Crippen LogP contribution in [0.3, 0.4) is 0 Å². The van der Waals surface area contributed by atoms with Crippen LogP contribution in [0.15, 0.2) is 36.7 Å². The summed E-state index contributed by atoms with van der Waals surface area (Å²) in [4.78, 5) is 19.7. The van der Waals surface area contributed by atoms with Gasteiger partial charge in [-0.05, 0) is 35.6 Å². The standard InChI is InChI=1S/C16H19N3O/c1-16(2,3)10-14-12(5-4-7-18-14)11-6-8-19-13(9-11)15(17)20/h4-9H,10H2,1-3H3,(H2,17,20). The first-order valence-electron chi connectivity index (χ1n) is 6.57. The van der Waals surface area contributed by atoms with Crippen molar-refractivity contribution in [3.8, 4) is 11.1 Å². The van der Waals surface area contributed by atoms with E-state index in [1.165, 1.54) is 0 Å². The maximum absolute atomic E-state index is 11.2. The smallest absolute Gasteiger partial charge is 0.267 e.